The van der Waals surface area contributed by atoms with Crippen LogP contribution in [0.1, 0.15) is 10.5 Å². The molecule has 2 heterocycles. The van der Waals surface area contributed by atoms with E-state index < -0.39 is 0 Å². The van der Waals surface area contributed by atoms with Crippen LogP contribution in [0.4, 0.5) is 0 Å². The molecule has 0 amide bonds. The Balaban J connectivity index is 2.21. The number of hydrogen-bond donors (Lipinski definition) is 0. The van der Waals surface area contributed by atoms with Gasteiger partial charge in [0.2, 0.25) is 0 Å². The van der Waals surface area contributed by atoms with Crippen molar-refractivity contribution in [3.05, 3.63) is 42.2 Å². The third-order valence-electron chi connectivity index (χ3n) is 3.20. The number of benzene rings is 1. The van der Waals surface area contributed by atoms with Gasteiger partial charge in [-0.2, -0.15) is 0 Å². The molecular formula is C16H14N2O3. The van der Waals surface area contributed by atoms with Gasteiger partial charge in [-0.3, -0.25) is 9.78 Å². The van der Waals surface area contributed by atoms with Gasteiger partial charge in [-0.1, -0.05) is 12.1 Å². The second kappa shape index (κ2) is 5.85. The zero-order valence-corrected chi connectivity index (χ0v) is 11.6. The molecule has 0 spiro atoms. The summed E-state index contributed by atoms with van der Waals surface area (Å²) in [6.45, 7) is 0.889. The first kappa shape index (κ1) is 13.5. The van der Waals surface area contributed by atoms with Crippen molar-refractivity contribution < 1.29 is 14.3 Å². The van der Waals surface area contributed by atoms with Crippen molar-refractivity contribution in [1.29, 1.82) is 0 Å². The van der Waals surface area contributed by atoms with E-state index in [2.05, 4.69) is 9.97 Å². The van der Waals surface area contributed by atoms with E-state index in [1.165, 1.54) is 0 Å². The van der Waals surface area contributed by atoms with E-state index in [9.17, 15) is 4.79 Å². The van der Waals surface area contributed by atoms with Crippen molar-refractivity contribution in [2.24, 2.45) is 0 Å². The number of carbonyl (C=O) groups is 1. The Morgan fingerprint density at radius 1 is 1.19 bits per heavy atom. The average Bonchev–Trinajstić information content (AvgIpc) is 2.54. The lowest BCUT2D eigenvalue weighted by Gasteiger charge is -2.10. The molecule has 0 bridgehead atoms. The third kappa shape index (κ3) is 2.55. The first-order valence-corrected chi connectivity index (χ1v) is 6.59. The van der Waals surface area contributed by atoms with Crippen molar-refractivity contribution in [3.8, 4) is 5.75 Å². The van der Waals surface area contributed by atoms with Crippen molar-refractivity contribution >= 4 is 28.1 Å². The Morgan fingerprint density at radius 3 is 2.90 bits per heavy atom. The van der Waals surface area contributed by atoms with E-state index in [1.807, 2.05) is 24.3 Å². The van der Waals surface area contributed by atoms with Crippen molar-refractivity contribution in [2.75, 3.05) is 20.3 Å². The first-order valence-electron chi connectivity index (χ1n) is 6.59. The molecule has 3 aromatic rings. The summed E-state index contributed by atoms with van der Waals surface area (Å²) in [4.78, 5) is 19.8. The SMILES string of the molecule is COCCOc1cc(C=O)nc2c1ccc1cccnc12. The maximum Gasteiger partial charge on any atom is 0.168 e. The summed E-state index contributed by atoms with van der Waals surface area (Å²) in [7, 11) is 1.61. The van der Waals surface area contributed by atoms with Crippen LogP contribution in [0, 0.1) is 0 Å². The molecule has 106 valence electrons. The molecular weight excluding hydrogens is 268 g/mol. The van der Waals surface area contributed by atoms with Crippen LogP contribution in [0.5, 0.6) is 5.75 Å². The van der Waals surface area contributed by atoms with Gasteiger partial charge in [0.25, 0.3) is 0 Å². The summed E-state index contributed by atoms with van der Waals surface area (Å²) >= 11 is 0. The monoisotopic (exact) mass is 282 g/mol. The fourth-order valence-corrected chi connectivity index (χ4v) is 2.23. The fraction of sp³-hybridized carbons (Fsp3) is 0.188. The number of ether oxygens (including phenoxy) is 2. The van der Waals surface area contributed by atoms with Gasteiger partial charge in [-0.05, 0) is 12.1 Å². The quantitative estimate of drug-likeness (QED) is 0.409. The van der Waals surface area contributed by atoms with Crippen LogP contribution in [0.25, 0.3) is 21.8 Å². The molecule has 5 heteroatoms. The molecule has 21 heavy (non-hydrogen) atoms. The maximum atomic E-state index is 11.1. The van der Waals surface area contributed by atoms with Crippen molar-refractivity contribution in [2.45, 2.75) is 0 Å². The minimum absolute atomic E-state index is 0.327. The molecule has 0 saturated carbocycles. The molecule has 5 nitrogen and oxygen atoms in total. The largest absolute Gasteiger partial charge is 0.490 e. The number of nitrogens with zero attached hydrogens (tertiary/aromatic N) is 2. The molecule has 0 aliphatic carbocycles. The predicted molar refractivity (Wildman–Crippen MR) is 79.8 cm³/mol. The van der Waals surface area contributed by atoms with Crippen LogP contribution in [0.2, 0.25) is 0 Å². The fourth-order valence-electron chi connectivity index (χ4n) is 2.23. The molecule has 0 radical (unpaired) electrons. The second-order valence-electron chi connectivity index (χ2n) is 4.54. The van der Waals surface area contributed by atoms with Gasteiger partial charge >= 0.3 is 0 Å². The van der Waals surface area contributed by atoms with Gasteiger partial charge in [-0.25, -0.2) is 4.98 Å². The maximum absolute atomic E-state index is 11.1. The molecule has 0 atom stereocenters. The summed E-state index contributed by atoms with van der Waals surface area (Å²) in [5.74, 6) is 0.617. The number of pyridine rings is 2. The number of aromatic nitrogens is 2. The Hall–Kier alpha value is -2.53. The van der Waals surface area contributed by atoms with Gasteiger partial charge in [0, 0.05) is 30.1 Å². The van der Waals surface area contributed by atoms with Crippen LogP contribution >= 0.6 is 0 Å². The minimum atomic E-state index is 0.327. The first-order chi connectivity index (χ1) is 10.3. The average molecular weight is 282 g/mol. The van der Waals surface area contributed by atoms with Gasteiger partial charge in [0.1, 0.15) is 23.6 Å². The molecule has 3 rings (SSSR count). The summed E-state index contributed by atoms with van der Waals surface area (Å²) in [6.07, 6.45) is 2.42. The van der Waals surface area contributed by atoms with Crippen LogP contribution in [0.3, 0.4) is 0 Å². The zero-order chi connectivity index (χ0) is 14.7. The van der Waals surface area contributed by atoms with Crippen molar-refractivity contribution in [1.82, 2.24) is 9.97 Å². The Bertz CT molecular complexity index is 802. The van der Waals surface area contributed by atoms with Crippen LogP contribution in [0.15, 0.2) is 36.5 Å². The summed E-state index contributed by atoms with van der Waals surface area (Å²) in [5.41, 5.74) is 1.76. The standard InChI is InChI=1S/C16H14N2O3/c1-20-7-8-21-14-9-12(10-19)18-16-13(14)5-4-11-3-2-6-17-15(11)16/h2-6,9-10H,7-8H2,1H3. The highest BCUT2D eigenvalue weighted by atomic mass is 16.5. The van der Waals surface area contributed by atoms with E-state index >= 15 is 0 Å². The Labute approximate surface area is 121 Å². The molecule has 0 aliphatic heterocycles. The number of rotatable bonds is 5. The predicted octanol–water partition coefficient (Wildman–Crippen LogP) is 2.62. The molecule has 2 aromatic heterocycles. The van der Waals surface area contributed by atoms with Crippen LogP contribution in [-0.4, -0.2) is 36.6 Å². The van der Waals surface area contributed by atoms with E-state index in [-0.39, 0.29) is 0 Å². The van der Waals surface area contributed by atoms with Gasteiger partial charge < -0.3 is 9.47 Å². The number of hydrogen-bond acceptors (Lipinski definition) is 5. The molecule has 0 fully saturated rings. The molecule has 1 aromatic carbocycles. The Kier molecular flexibility index (Phi) is 3.75. The van der Waals surface area contributed by atoms with E-state index in [4.69, 9.17) is 9.47 Å². The normalized spacial score (nSPS) is 10.9. The van der Waals surface area contributed by atoms with Gasteiger partial charge in [0.05, 0.1) is 12.1 Å². The minimum Gasteiger partial charge on any atom is -0.490 e. The van der Waals surface area contributed by atoms with Crippen LogP contribution < -0.4 is 4.74 Å². The Morgan fingerprint density at radius 2 is 2.10 bits per heavy atom. The lowest BCUT2D eigenvalue weighted by atomic mass is 10.1. The number of methoxy groups -OCH3 is 1. The van der Waals surface area contributed by atoms with E-state index in [0.717, 1.165) is 16.3 Å². The van der Waals surface area contributed by atoms with Gasteiger partial charge in [-0.15, -0.1) is 0 Å². The number of carbonyl (C=O) groups excluding carboxylic acids is 1. The van der Waals surface area contributed by atoms with E-state index in [0.29, 0.717) is 36.5 Å². The summed E-state index contributed by atoms with van der Waals surface area (Å²) in [5, 5.41) is 1.81. The number of fused-ring (bicyclic) bond motifs is 3. The summed E-state index contributed by atoms with van der Waals surface area (Å²) in [6, 6.07) is 9.37. The second-order valence-corrected chi connectivity index (χ2v) is 4.54. The molecule has 0 N–H and O–H groups in total. The van der Waals surface area contributed by atoms with Crippen molar-refractivity contribution in [3.63, 3.8) is 0 Å². The smallest absolute Gasteiger partial charge is 0.168 e. The highest BCUT2D eigenvalue weighted by Crippen LogP contribution is 2.29. The molecule has 0 aliphatic rings. The topological polar surface area (TPSA) is 61.3 Å². The highest BCUT2D eigenvalue weighted by molar-refractivity contribution is 6.05. The highest BCUT2D eigenvalue weighted by Gasteiger charge is 2.10. The summed E-state index contributed by atoms with van der Waals surface area (Å²) < 4.78 is 10.7. The lowest BCUT2D eigenvalue weighted by Crippen LogP contribution is -2.05. The zero-order valence-electron chi connectivity index (χ0n) is 11.6. The van der Waals surface area contributed by atoms with Crippen LogP contribution in [-0.2, 0) is 4.74 Å². The van der Waals surface area contributed by atoms with Gasteiger partial charge in [0.15, 0.2) is 6.29 Å². The lowest BCUT2D eigenvalue weighted by molar-refractivity contribution is 0.111. The van der Waals surface area contributed by atoms with E-state index in [1.54, 1.807) is 19.4 Å². The molecule has 0 saturated heterocycles. The molecule has 0 unspecified atom stereocenters. The third-order valence-corrected chi connectivity index (χ3v) is 3.20. The number of aldehydes is 1.